The zero-order valence-electron chi connectivity index (χ0n) is 11.7. The van der Waals surface area contributed by atoms with Crippen LogP contribution in [-0.2, 0) is 6.54 Å². The van der Waals surface area contributed by atoms with Crippen LogP contribution < -0.4 is 4.57 Å². The lowest BCUT2D eigenvalue weighted by atomic mass is 10.1. The van der Waals surface area contributed by atoms with Crippen molar-refractivity contribution in [2.75, 3.05) is 0 Å². The van der Waals surface area contributed by atoms with Crippen molar-refractivity contribution in [2.45, 2.75) is 13.5 Å². The molecule has 0 saturated heterocycles. The highest BCUT2D eigenvalue weighted by atomic mass is 14.9. The van der Waals surface area contributed by atoms with Gasteiger partial charge in [0.05, 0.1) is 0 Å². The van der Waals surface area contributed by atoms with Gasteiger partial charge in [0, 0.05) is 17.7 Å². The first-order chi connectivity index (χ1) is 9.81. The third-order valence-electron chi connectivity index (χ3n) is 3.45. The van der Waals surface area contributed by atoms with Crippen LogP contribution in [-0.4, -0.2) is 0 Å². The van der Waals surface area contributed by atoms with Crippen LogP contribution in [0.25, 0.3) is 11.1 Å². The van der Waals surface area contributed by atoms with Gasteiger partial charge in [0.1, 0.15) is 0 Å². The highest BCUT2D eigenvalue weighted by Gasteiger charge is 2.04. The van der Waals surface area contributed by atoms with Crippen molar-refractivity contribution in [1.29, 1.82) is 0 Å². The molecular weight excluding hydrogens is 242 g/mol. The second-order valence-corrected chi connectivity index (χ2v) is 5.11. The van der Waals surface area contributed by atoms with Crippen molar-refractivity contribution >= 4 is 0 Å². The van der Waals surface area contributed by atoms with E-state index in [1.807, 2.05) is 0 Å². The lowest BCUT2D eigenvalue weighted by molar-refractivity contribution is -0.688. The Bertz CT molecular complexity index is 684. The summed E-state index contributed by atoms with van der Waals surface area (Å²) in [6.45, 7) is 3.04. The van der Waals surface area contributed by atoms with Crippen LogP contribution in [0.3, 0.4) is 0 Å². The van der Waals surface area contributed by atoms with Gasteiger partial charge in [0.25, 0.3) is 0 Å². The first-order valence-corrected chi connectivity index (χ1v) is 6.91. The molecule has 0 N–H and O–H groups in total. The number of benzene rings is 2. The summed E-state index contributed by atoms with van der Waals surface area (Å²) >= 11 is 0. The third-order valence-corrected chi connectivity index (χ3v) is 3.45. The monoisotopic (exact) mass is 260 g/mol. The summed E-state index contributed by atoms with van der Waals surface area (Å²) < 4.78 is 2.20. The molecule has 0 fully saturated rings. The molecule has 3 aromatic rings. The van der Waals surface area contributed by atoms with Gasteiger partial charge in [-0.2, -0.15) is 0 Å². The summed E-state index contributed by atoms with van der Waals surface area (Å²) in [5, 5.41) is 0. The van der Waals surface area contributed by atoms with Gasteiger partial charge in [-0.25, -0.2) is 4.57 Å². The minimum absolute atomic E-state index is 0.912. The van der Waals surface area contributed by atoms with Gasteiger partial charge in [-0.05, 0) is 18.1 Å². The van der Waals surface area contributed by atoms with Crippen molar-refractivity contribution in [1.82, 2.24) is 0 Å². The lowest BCUT2D eigenvalue weighted by Crippen LogP contribution is -2.32. The molecule has 2 aromatic carbocycles. The second-order valence-electron chi connectivity index (χ2n) is 5.11. The molecule has 3 rings (SSSR count). The fourth-order valence-corrected chi connectivity index (χ4v) is 2.37. The molecule has 0 unspecified atom stereocenters. The van der Waals surface area contributed by atoms with Crippen LogP contribution in [0.2, 0.25) is 0 Å². The second kappa shape index (κ2) is 5.70. The molecule has 20 heavy (non-hydrogen) atoms. The van der Waals surface area contributed by atoms with Gasteiger partial charge >= 0.3 is 0 Å². The molecule has 1 nitrogen and oxygen atoms in total. The zero-order chi connectivity index (χ0) is 13.8. The van der Waals surface area contributed by atoms with E-state index in [-0.39, 0.29) is 0 Å². The van der Waals surface area contributed by atoms with Gasteiger partial charge < -0.3 is 0 Å². The molecule has 0 aliphatic rings. The number of aromatic nitrogens is 1. The zero-order valence-corrected chi connectivity index (χ0v) is 11.7. The fourth-order valence-electron chi connectivity index (χ4n) is 2.37. The smallest absolute Gasteiger partial charge is 0.173 e. The number of nitrogens with zero attached hydrogens (tertiary/aromatic N) is 1. The summed E-state index contributed by atoms with van der Waals surface area (Å²) in [6.07, 6.45) is 4.29. The van der Waals surface area contributed by atoms with Crippen molar-refractivity contribution in [3.63, 3.8) is 0 Å². The van der Waals surface area contributed by atoms with E-state index in [0.717, 1.165) is 6.54 Å². The average Bonchev–Trinajstić information content (AvgIpc) is 2.49. The van der Waals surface area contributed by atoms with E-state index in [4.69, 9.17) is 0 Å². The summed E-state index contributed by atoms with van der Waals surface area (Å²) in [5.74, 6) is 0. The predicted molar refractivity (Wildman–Crippen MR) is 82.4 cm³/mol. The molecule has 0 spiro atoms. The number of hydrogen-bond donors (Lipinski definition) is 0. The minimum atomic E-state index is 0.912. The van der Waals surface area contributed by atoms with Gasteiger partial charge in [-0.3, -0.25) is 0 Å². The Morgan fingerprint density at radius 1 is 0.750 bits per heavy atom. The van der Waals surface area contributed by atoms with Crippen LogP contribution in [0.4, 0.5) is 0 Å². The SMILES string of the molecule is Cc1cccc(-c2cc[n+](Cc3ccccc3)cc2)c1. The Morgan fingerprint density at radius 2 is 1.50 bits per heavy atom. The van der Waals surface area contributed by atoms with Crippen molar-refractivity contribution < 1.29 is 4.57 Å². The molecule has 0 radical (unpaired) electrons. The molecule has 98 valence electrons. The maximum Gasteiger partial charge on any atom is 0.173 e. The highest BCUT2D eigenvalue weighted by Crippen LogP contribution is 2.18. The van der Waals surface area contributed by atoms with Crippen LogP contribution in [0.5, 0.6) is 0 Å². The summed E-state index contributed by atoms with van der Waals surface area (Å²) in [7, 11) is 0. The summed E-state index contributed by atoms with van der Waals surface area (Å²) in [5.41, 5.74) is 5.15. The standard InChI is InChI=1S/C19H18N/c1-16-6-5-9-19(14-16)18-10-12-20(13-11-18)15-17-7-3-2-4-8-17/h2-14H,15H2,1H3/q+1. The van der Waals surface area contributed by atoms with E-state index in [1.165, 1.54) is 22.3 Å². The Kier molecular flexibility index (Phi) is 3.60. The molecule has 0 aliphatic heterocycles. The number of hydrogen-bond acceptors (Lipinski definition) is 0. The van der Waals surface area contributed by atoms with Crippen molar-refractivity contribution in [3.05, 3.63) is 90.3 Å². The third kappa shape index (κ3) is 2.94. The average molecular weight is 260 g/mol. The number of rotatable bonds is 3. The normalized spacial score (nSPS) is 10.4. The van der Waals surface area contributed by atoms with Crippen LogP contribution in [0, 0.1) is 6.92 Å². The van der Waals surface area contributed by atoms with E-state index >= 15 is 0 Å². The van der Waals surface area contributed by atoms with E-state index in [9.17, 15) is 0 Å². The Hall–Kier alpha value is -2.41. The molecule has 0 aliphatic carbocycles. The summed E-state index contributed by atoms with van der Waals surface area (Å²) in [4.78, 5) is 0. The molecular formula is C19H18N+. The van der Waals surface area contributed by atoms with Crippen LogP contribution in [0.15, 0.2) is 79.1 Å². The molecule has 0 amide bonds. The Labute approximate surface area is 120 Å². The van der Waals surface area contributed by atoms with Crippen LogP contribution >= 0.6 is 0 Å². The first kappa shape index (κ1) is 12.6. The van der Waals surface area contributed by atoms with Gasteiger partial charge in [-0.1, -0.05) is 60.2 Å². The topological polar surface area (TPSA) is 3.88 Å². The molecule has 0 atom stereocenters. The highest BCUT2D eigenvalue weighted by molar-refractivity contribution is 5.62. The molecule has 1 aromatic heterocycles. The molecule has 0 bridgehead atoms. The Balaban J connectivity index is 1.81. The van der Waals surface area contributed by atoms with Crippen molar-refractivity contribution in [2.24, 2.45) is 0 Å². The van der Waals surface area contributed by atoms with E-state index < -0.39 is 0 Å². The Morgan fingerprint density at radius 3 is 2.20 bits per heavy atom. The van der Waals surface area contributed by atoms with E-state index in [2.05, 4.69) is 90.6 Å². The summed E-state index contributed by atoms with van der Waals surface area (Å²) in [6, 6.07) is 23.5. The first-order valence-electron chi connectivity index (χ1n) is 6.91. The fraction of sp³-hybridized carbons (Fsp3) is 0.105. The van der Waals surface area contributed by atoms with Gasteiger partial charge in [-0.15, -0.1) is 0 Å². The minimum Gasteiger partial charge on any atom is -0.201 e. The lowest BCUT2D eigenvalue weighted by Gasteiger charge is -2.02. The van der Waals surface area contributed by atoms with Crippen molar-refractivity contribution in [3.8, 4) is 11.1 Å². The number of pyridine rings is 1. The quantitative estimate of drug-likeness (QED) is 0.627. The maximum atomic E-state index is 2.22. The van der Waals surface area contributed by atoms with Crippen LogP contribution in [0.1, 0.15) is 11.1 Å². The molecule has 1 heterocycles. The number of aryl methyl sites for hydroxylation is 1. The maximum absolute atomic E-state index is 2.22. The predicted octanol–water partition coefficient (Wildman–Crippen LogP) is 4.00. The van der Waals surface area contributed by atoms with E-state index in [1.54, 1.807) is 0 Å². The molecule has 0 saturated carbocycles. The van der Waals surface area contributed by atoms with Gasteiger partial charge in [0.2, 0.25) is 0 Å². The van der Waals surface area contributed by atoms with E-state index in [0.29, 0.717) is 0 Å². The van der Waals surface area contributed by atoms with Gasteiger partial charge in [0.15, 0.2) is 18.9 Å². The molecule has 1 heteroatoms. The largest absolute Gasteiger partial charge is 0.201 e.